The van der Waals surface area contributed by atoms with Gasteiger partial charge in [-0.25, -0.2) is 4.68 Å². The van der Waals surface area contributed by atoms with Crippen molar-refractivity contribution in [3.8, 4) is 5.69 Å². The fourth-order valence-corrected chi connectivity index (χ4v) is 3.32. The molecule has 0 aliphatic rings. The molecular weight excluding hydrogens is 369 g/mol. The Morgan fingerprint density at radius 2 is 1.77 bits per heavy atom. The van der Waals surface area contributed by atoms with Gasteiger partial charge in [-0.1, -0.05) is 61.3 Å². The van der Waals surface area contributed by atoms with Gasteiger partial charge >= 0.3 is 0 Å². The molecule has 3 rings (SSSR count). The van der Waals surface area contributed by atoms with Gasteiger partial charge in [0.2, 0.25) is 0 Å². The molecule has 0 atom stereocenters. The number of nitrogens with one attached hydrogen (secondary N) is 1. The summed E-state index contributed by atoms with van der Waals surface area (Å²) in [5, 5.41) is 5.60. The van der Waals surface area contributed by atoms with E-state index in [2.05, 4.69) is 24.4 Å². The number of aromatic nitrogens is 2. The molecule has 0 saturated carbocycles. The molecule has 1 heterocycles. The smallest absolute Gasteiger partial charge is 0.117 e. The van der Waals surface area contributed by atoms with Crippen LogP contribution in [-0.2, 0) is 11.4 Å². The highest BCUT2D eigenvalue weighted by Gasteiger charge is 2.19. The molecule has 136 valence electrons. The van der Waals surface area contributed by atoms with Gasteiger partial charge in [0.25, 0.3) is 0 Å². The van der Waals surface area contributed by atoms with Crippen LogP contribution in [0.3, 0.4) is 0 Å². The Bertz CT molecular complexity index is 886. The Morgan fingerprint density at radius 1 is 1.08 bits per heavy atom. The van der Waals surface area contributed by atoms with Crippen LogP contribution in [0.4, 0.5) is 5.69 Å². The summed E-state index contributed by atoms with van der Waals surface area (Å²) < 4.78 is 1.76. The van der Waals surface area contributed by atoms with E-state index in [1.54, 1.807) is 16.8 Å². The van der Waals surface area contributed by atoms with Crippen LogP contribution < -0.4 is 5.48 Å². The molecule has 1 N–H and O–H groups in total. The second-order valence-corrected chi connectivity index (χ2v) is 7.20. The van der Waals surface area contributed by atoms with Gasteiger partial charge in [0, 0.05) is 0 Å². The zero-order chi connectivity index (χ0) is 18.7. The predicted molar refractivity (Wildman–Crippen MR) is 107 cm³/mol. The average Bonchev–Trinajstić information content (AvgIpc) is 3.00. The summed E-state index contributed by atoms with van der Waals surface area (Å²) in [4.78, 5) is 5.78. The third kappa shape index (κ3) is 3.88. The van der Waals surface area contributed by atoms with Crippen molar-refractivity contribution in [1.29, 1.82) is 0 Å². The number of hydrogen-bond donors (Lipinski definition) is 1. The highest BCUT2D eigenvalue weighted by molar-refractivity contribution is 6.37. The van der Waals surface area contributed by atoms with Crippen LogP contribution in [0.2, 0.25) is 10.0 Å². The van der Waals surface area contributed by atoms with Crippen molar-refractivity contribution in [1.82, 2.24) is 9.78 Å². The number of rotatable bonds is 6. The minimum atomic E-state index is 0.294. The second kappa shape index (κ2) is 8.12. The number of aryl methyl sites for hydroxylation is 1. The number of hydrogen-bond acceptors (Lipinski definition) is 3. The molecule has 0 amide bonds. The summed E-state index contributed by atoms with van der Waals surface area (Å²) in [6.07, 6.45) is 1.84. The lowest BCUT2D eigenvalue weighted by molar-refractivity contribution is 0.173. The van der Waals surface area contributed by atoms with Crippen LogP contribution in [0.5, 0.6) is 0 Å². The number of benzene rings is 2. The molecule has 4 nitrogen and oxygen atoms in total. The lowest BCUT2D eigenvalue weighted by Gasteiger charge is -2.15. The van der Waals surface area contributed by atoms with Gasteiger partial charge in [0.05, 0.1) is 27.6 Å². The molecule has 0 spiro atoms. The Labute approximate surface area is 163 Å². The van der Waals surface area contributed by atoms with E-state index < -0.39 is 0 Å². The van der Waals surface area contributed by atoms with Gasteiger partial charge in [-0.2, -0.15) is 5.10 Å². The van der Waals surface area contributed by atoms with E-state index in [-0.39, 0.29) is 0 Å². The van der Waals surface area contributed by atoms with E-state index in [9.17, 15) is 0 Å². The van der Waals surface area contributed by atoms with E-state index in [1.807, 2.05) is 43.5 Å². The van der Waals surface area contributed by atoms with Crippen molar-refractivity contribution < 1.29 is 4.84 Å². The summed E-state index contributed by atoms with van der Waals surface area (Å²) in [6.45, 7) is 6.59. The topological polar surface area (TPSA) is 39.1 Å². The second-order valence-electron chi connectivity index (χ2n) is 6.39. The number of nitrogens with zero attached hydrogens (tertiary/aromatic N) is 2. The fourth-order valence-electron chi connectivity index (χ4n) is 2.77. The molecule has 0 aliphatic carbocycles. The van der Waals surface area contributed by atoms with Crippen molar-refractivity contribution in [2.24, 2.45) is 0 Å². The van der Waals surface area contributed by atoms with Crippen LogP contribution in [0, 0.1) is 6.92 Å². The molecule has 0 aliphatic heterocycles. The van der Waals surface area contributed by atoms with Gasteiger partial charge in [-0.15, -0.1) is 0 Å². The van der Waals surface area contributed by atoms with Gasteiger partial charge in [-0.3, -0.25) is 10.3 Å². The zero-order valence-corrected chi connectivity index (χ0v) is 16.5. The fraction of sp³-hybridized carbons (Fsp3) is 0.250. The first kappa shape index (κ1) is 18.8. The Kier molecular flexibility index (Phi) is 5.87. The van der Waals surface area contributed by atoms with Crippen molar-refractivity contribution in [3.63, 3.8) is 0 Å². The van der Waals surface area contributed by atoms with Gasteiger partial charge in [-0.05, 0) is 42.2 Å². The quantitative estimate of drug-likeness (QED) is 0.513. The molecule has 1 aromatic heterocycles. The van der Waals surface area contributed by atoms with E-state index in [0.717, 1.165) is 22.5 Å². The summed E-state index contributed by atoms with van der Waals surface area (Å²) in [6, 6.07) is 13.4. The van der Waals surface area contributed by atoms with Gasteiger partial charge in [0.1, 0.15) is 12.3 Å². The van der Waals surface area contributed by atoms with Crippen molar-refractivity contribution in [2.45, 2.75) is 33.3 Å². The SMILES string of the molecule is Cc1ccccc1NOCc1c(C(C)C)cnn1-c1c(Cl)cccc1Cl. The molecule has 3 aromatic rings. The maximum absolute atomic E-state index is 6.37. The molecule has 0 radical (unpaired) electrons. The molecule has 2 aromatic carbocycles. The van der Waals surface area contributed by atoms with Gasteiger partial charge in [0.15, 0.2) is 0 Å². The standard InChI is InChI=1S/C20H21Cl2N3O/c1-13(2)15-11-23-25(20-16(21)8-6-9-17(20)22)19(15)12-26-24-18-10-5-4-7-14(18)3/h4-11,13,24H,12H2,1-3H3. The lowest BCUT2D eigenvalue weighted by atomic mass is 10.0. The number of halogens is 2. The highest BCUT2D eigenvalue weighted by atomic mass is 35.5. The van der Waals surface area contributed by atoms with E-state index in [1.165, 1.54) is 0 Å². The first-order valence-electron chi connectivity index (χ1n) is 8.43. The Balaban J connectivity index is 1.90. The minimum Gasteiger partial charge on any atom is -0.270 e. The number of para-hydroxylation sites is 2. The normalized spacial score (nSPS) is 11.2. The molecule has 0 saturated heterocycles. The van der Waals surface area contributed by atoms with E-state index in [4.69, 9.17) is 28.0 Å². The summed E-state index contributed by atoms with van der Waals surface area (Å²) in [5.41, 5.74) is 7.73. The predicted octanol–water partition coefficient (Wildman–Crippen LogP) is 6.15. The highest BCUT2D eigenvalue weighted by Crippen LogP contribution is 2.31. The zero-order valence-electron chi connectivity index (χ0n) is 15.0. The Hall–Kier alpha value is -2.01. The molecule has 0 unspecified atom stereocenters. The molecule has 26 heavy (non-hydrogen) atoms. The van der Waals surface area contributed by atoms with Crippen molar-refractivity contribution in [2.75, 3.05) is 5.48 Å². The first-order valence-corrected chi connectivity index (χ1v) is 9.19. The number of anilines is 1. The van der Waals surface area contributed by atoms with Crippen LogP contribution in [0.1, 0.15) is 36.6 Å². The summed E-state index contributed by atoms with van der Waals surface area (Å²) in [7, 11) is 0. The van der Waals surface area contributed by atoms with Crippen LogP contribution >= 0.6 is 23.2 Å². The molecular formula is C20H21Cl2N3O. The molecule has 6 heteroatoms. The van der Waals surface area contributed by atoms with Crippen molar-refractivity contribution >= 4 is 28.9 Å². The van der Waals surface area contributed by atoms with Crippen LogP contribution in [-0.4, -0.2) is 9.78 Å². The lowest BCUT2D eigenvalue weighted by Crippen LogP contribution is -2.10. The third-order valence-corrected chi connectivity index (χ3v) is 4.82. The average molecular weight is 390 g/mol. The van der Waals surface area contributed by atoms with Crippen LogP contribution in [0.15, 0.2) is 48.7 Å². The van der Waals surface area contributed by atoms with Crippen molar-refractivity contribution in [3.05, 3.63) is 75.5 Å². The van der Waals surface area contributed by atoms with E-state index >= 15 is 0 Å². The maximum atomic E-state index is 6.37. The monoisotopic (exact) mass is 389 g/mol. The third-order valence-electron chi connectivity index (χ3n) is 4.21. The summed E-state index contributed by atoms with van der Waals surface area (Å²) in [5.74, 6) is 0.294. The molecule has 0 fully saturated rings. The summed E-state index contributed by atoms with van der Waals surface area (Å²) >= 11 is 12.7. The largest absolute Gasteiger partial charge is 0.270 e. The maximum Gasteiger partial charge on any atom is 0.117 e. The first-order chi connectivity index (χ1) is 12.5. The van der Waals surface area contributed by atoms with Gasteiger partial charge < -0.3 is 0 Å². The van der Waals surface area contributed by atoms with E-state index in [0.29, 0.717) is 28.3 Å². The Morgan fingerprint density at radius 3 is 2.42 bits per heavy atom. The minimum absolute atomic E-state index is 0.294. The van der Waals surface area contributed by atoms with Crippen LogP contribution in [0.25, 0.3) is 5.69 Å². The molecule has 0 bridgehead atoms.